The van der Waals surface area contributed by atoms with Gasteiger partial charge in [-0.15, -0.1) is 0 Å². The first-order chi connectivity index (χ1) is 10.2. The molecule has 2 rings (SSSR count). The van der Waals surface area contributed by atoms with Crippen molar-refractivity contribution in [2.45, 2.75) is 25.9 Å². The van der Waals surface area contributed by atoms with E-state index < -0.39 is 6.10 Å². The average Bonchev–Trinajstić information content (AvgIpc) is 2.54. The normalized spacial score (nSPS) is 12.0. The van der Waals surface area contributed by atoms with Crippen molar-refractivity contribution < 1.29 is 14.6 Å². The first-order valence-corrected chi connectivity index (χ1v) is 7.02. The van der Waals surface area contributed by atoms with Crippen LogP contribution in [-0.2, 0) is 12.8 Å². The van der Waals surface area contributed by atoms with Crippen LogP contribution in [0.5, 0.6) is 11.5 Å². The highest BCUT2D eigenvalue weighted by Crippen LogP contribution is 2.35. The van der Waals surface area contributed by atoms with E-state index in [4.69, 9.17) is 9.47 Å². The number of ether oxygens (including phenoxy) is 2. The second-order valence-electron chi connectivity index (χ2n) is 4.81. The third-order valence-electron chi connectivity index (χ3n) is 3.50. The van der Waals surface area contributed by atoms with Crippen LogP contribution in [0.1, 0.15) is 29.8 Å². The number of methoxy groups -OCH3 is 2. The number of aryl methyl sites for hydroxylation is 1. The summed E-state index contributed by atoms with van der Waals surface area (Å²) in [4.78, 5) is 4.38. The van der Waals surface area contributed by atoms with Gasteiger partial charge in [-0.25, -0.2) is 0 Å². The molecule has 0 aliphatic rings. The molecule has 0 aliphatic heterocycles. The van der Waals surface area contributed by atoms with E-state index in [0.29, 0.717) is 23.5 Å². The Bertz CT molecular complexity index is 559. The fourth-order valence-corrected chi connectivity index (χ4v) is 2.29. The Kier molecular flexibility index (Phi) is 5.17. The lowest BCUT2D eigenvalue weighted by Gasteiger charge is -2.17. The van der Waals surface area contributed by atoms with Crippen LogP contribution in [0, 0.1) is 0 Å². The first-order valence-electron chi connectivity index (χ1n) is 7.02. The Labute approximate surface area is 125 Å². The zero-order valence-corrected chi connectivity index (χ0v) is 12.7. The zero-order valence-electron chi connectivity index (χ0n) is 12.7. The highest BCUT2D eigenvalue weighted by Gasteiger charge is 2.19. The Balaban J connectivity index is 2.24. The Morgan fingerprint density at radius 2 is 1.76 bits per heavy atom. The molecular weight excluding hydrogens is 266 g/mol. The van der Waals surface area contributed by atoms with Crippen molar-refractivity contribution in [1.82, 2.24) is 4.98 Å². The molecule has 0 radical (unpaired) electrons. The van der Waals surface area contributed by atoms with Crippen LogP contribution in [0.4, 0.5) is 0 Å². The van der Waals surface area contributed by atoms with Gasteiger partial charge in [-0.2, -0.15) is 0 Å². The van der Waals surface area contributed by atoms with Crippen molar-refractivity contribution in [3.05, 3.63) is 53.3 Å². The number of aromatic nitrogens is 1. The standard InChI is InChI=1S/C17H21NO3/c1-4-12-8-9-13(18-11-12)10-14(19)17-15(20-2)6-5-7-16(17)21-3/h5-9,11,14,19H,4,10H2,1-3H3. The van der Waals surface area contributed by atoms with E-state index in [2.05, 4.69) is 11.9 Å². The molecule has 0 fully saturated rings. The molecule has 1 aromatic carbocycles. The average molecular weight is 287 g/mol. The smallest absolute Gasteiger partial charge is 0.128 e. The van der Waals surface area contributed by atoms with E-state index in [1.807, 2.05) is 36.5 Å². The van der Waals surface area contributed by atoms with Crippen LogP contribution in [0.15, 0.2) is 36.5 Å². The molecule has 2 aromatic rings. The van der Waals surface area contributed by atoms with E-state index >= 15 is 0 Å². The maximum Gasteiger partial charge on any atom is 0.128 e. The molecule has 1 heterocycles. The molecule has 0 bridgehead atoms. The van der Waals surface area contributed by atoms with E-state index in [1.165, 1.54) is 5.56 Å². The molecule has 1 atom stereocenters. The number of aliphatic hydroxyl groups is 1. The highest BCUT2D eigenvalue weighted by molar-refractivity contribution is 5.46. The number of hydrogen-bond donors (Lipinski definition) is 1. The summed E-state index contributed by atoms with van der Waals surface area (Å²) in [5.74, 6) is 1.24. The van der Waals surface area contributed by atoms with Gasteiger partial charge in [0.05, 0.1) is 25.9 Å². The number of rotatable bonds is 6. The molecule has 4 nitrogen and oxygen atoms in total. The van der Waals surface area contributed by atoms with Crippen molar-refractivity contribution in [3.8, 4) is 11.5 Å². The molecule has 1 aromatic heterocycles. The van der Waals surface area contributed by atoms with Crippen molar-refractivity contribution in [3.63, 3.8) is 0 Å². The number of pyridine rings is 1. The molecule has 4 heteroatoms. The maximum absolute atomic E-state index is 10.5. The van der Waals surface area contributed by atoms with Crippen molar-refractivity contribution in [2.24, 2.45) is 0 Å². The summed E-state index contributed by atoms with van der Waals surface area (Å²) in [5.41, 5.74) is 2.68. The summed E-state index contributed by atoms with van der Waals surface area (Å²) in [6, 6.07) is 9.45. The molecule has 0 amide bonds. The van der Waals surface area contributed by atoms with Gasteiger partial charge in [-0.05, 0) is 30.2 Å². The maximum atomic E-state index is 10.5. The SMILES string of the molecule is CCc1ccc(CC(O)c2c(OC)cccc2OC)nc1. The third kappa shape index (κ3) is 3.52. The molecule has 112 valence electrons. The second kappa shape index (κ2) is 7.09. The lowest BCUT2D eigenvalue weighted by Crippen LogP contribution is -2.07. The largest absolute Gasteiger partial charge is 0.496 e. The predicted molar refractivity (Wildman–Crippen MR) is 81.8 cm³/mol. The van der Waals surface area contributed by atoms with E-state index in [9.17, 15) is 5.11 Å². The second-order valence-corrected chi connectivity index (χ2v) is 4.81. The lowest BCUT2D eigenvalue weighted by atomic mass is 10.0. The van der Waals surface area contributed by atoms with E-state index in [-0.39, 0.29) is 0 Å². The van der Waals surface area contributed by atoms with Gasteiger partial charge in [0.1, 0.15) is 11.5 Å². The molecule has 0 spiro atoms. The summed E-state index contributed by atoms with van der Waals surface area (Å²) in [6.07, 6.45) is 2.49. The van der Waals surface area contributed by atoms with Crippen molar-refractivity contribution in [2.75, 3.05) is 14.2 Å². The van der Waals surface area contributed by atoms with Gasteiger partial charge >= 0.3 is 0 Å². The first kappa shape index (κ1) is 15.3. The fraction of sp³-hybridized carbons (Fsp3) is 0.353. The molecule has 1 unspecified atom stereocenters. The zero-order chi connectivity index (χ0) is 15.2. The Morgan fingerprint density at radius 3 is 2.24 bits per heavy atom. The van der Waals surface area contributed by atoms with Crippen LogP contribution >= 0.6 is 0 Å². The highest BCUT2D eigenvalue weighted by atomic mass is 16.5. The summed E-state index contributed by atoms with van der Waals surface area (Å²) >= 11 is 0. The predicted octanol–water partition coefficient (Wildman–Crippen LogP) is 2.94. The summed E-state index contributed by atoms with van der Waals surface area (Å²) in [5, 5.41) is 10.5. The number of aliphatic hydroxyl groups excluding tert-OH is 1. The van der Waals surface area contributed by atoms with Crippen LogP contribution in [0.3, 0.4) is 0 Å². The summed E-state index contributed by atoms with van der Waals surface area (Å²) in [6.45, 7) is 2.09. The Hall–Kier alpha value is -2.07. The minimum atomic E-state index is -0.726. The lowest BCUT2D eigenvalue weighted by molar-refractivity contribution is 0.168. The minimum absolute atomic E-state index is 0.417. The quantitative estimate of drug-likeness (QED) is 0.887. The topological polar surface area (TPSA) is 51.6 Å². The monoisotopic (exact) mass is 287 g/mol. The molecule has 1 N–H and O–H groups in total. The molecule has 0 aliphatic carbocycles. The molecule has 21 heavy (non-hydrogen) atoms. The van der Waals surface area contributed by atoms with Gasteiger partial charge in [-0.1, -0.05) is 19.1 Å². The van der Waals surface area contributed by atoms with Crippen LogP contribution in [0.2, 0.25) is 0 Å². The Morgan fingerprint density at radius 1 is 1.10 bits per heavy atom. The fourth-order valence-electron chi connectivity index (χ4n) is 2.29. The number of benzene rings is 1. The molecule has 0 saturated carbocycles. The summed E-state index contributed by atoms with van der Waals surface area (Å²) in [7, 11) is 3.17. The van der Waals surface area contributed by atoms with Gasteiger partial charge in [0.25, 0.3) is 0 Å². The van der Waals surface area contributed by atoms with Crippen LogP contribution in [0.25, 0.3) is 0 Å². The summed E-state index contributed by atoms with van der Waals surface area (Å²) < 4.78 is 10.6. The van der Waals surface area contributed by atoms with Crippen molar-refractivity contribution in [1.29, 1.82) is 0 Å². The third-order valence-corrected chi connectivity index (χ3v) is 3.50. The van der Waals surface area contributed by atoms with Crippen LogP contribution < -0.4 is 9.47 Å². The number of hydrogen-bond acceptors (Lipinski definition) is 4. The number of nitrogens with zero attached hydrogens (tertiary/aromatic N) is 1. The van der Waals surface area contributed by atoms with Gasteiger partial charge in [0, 0.05) is 18.3 Å². The van der Waals surface area contributed by atoms with E-state index in [0.717, 1.165) is 12.1 Å². The van der Waals surface area contributed by atoms with E-state index in [1.54, 1.807) is 14.2 Å². The van der Waals surface area contributed by atoms with Gasteiger partial charge in [0.15, 0.2) is 0 Å². The van der Waals surface area contributed by atoms with Gasteiger partial charge in [0.2, 0.25) is 0 Å². The van der Waals surface area contributed by atoms with Crippen molar-refractivity contribution >= 4 is 0 Å². The molecular formula is C17H21NO3. The van der Waals surface area contributed by atoms with Crippen LogP contribution in [-0.4, -0.2) is 24.3 Å². The van der Waals surface area contributed by atoms with Gasteiger partial charge in [-0.3, -0.25) is 4.98 Å². The van der Waals surface area contributed by atoms with Gasteiger partial charge < -0.3 is 14.6 Å². The minimum Gasteiger partial charge on any atom is -0.496 e. The molecule has 0 saturated heterocycles.